The van der Waals surface area contributed by atoms with Gasteiger partial charge in [0, 0.05) is 15.7 Å². The summed E-state index contributed by atoms with van der Waals surface area (Å²) in [6, 6.07) is 13.6. The van der Waals surface area contributed by atoms with Gasteiger partial charge >= 0.3 is 0 Å². The Balaban J connectivity index is 1.66. The van der Waals surface area contributed by atoms with Crippen LogP contribution < -0.4 is 11.2 Å². The number of thioether (sulfide) groups is 1. The van der Waals surface area contributed by atoms with Crippen LogP contribution in [0.15, 0.2) is 52.1 Å². The smallest absolute Gasteiger partial charge is 0.234 e. The Kier molecular flexibility index (Phi) is 5.63. The lowest BCUT2D eigenvalue weighted by molar-refractivity contribution is -0.113. The molecule has 1 aromatic heterocycles. The van der Waals surface area contributed by atoms with Gasteiger partial charge in [-0.15, -0.1) is 10.2 Å². The highest BCUT2D eigenvalue weighted by Gasteiger charge is 2.14. The van der Waals surface area contributed by atoms with Crippen molar-refractivity contribution >= 4 is 39.3 Å². The predicted molar refractivity (Wildman–Crippen MR) is 109 cm³/mol. The second kappa shape index (κ2) is 7.92. The number of aryl methyl sites for hydroxylation is 2. The van der Waals surface area contributed by atoms with Gasteiger partial charge in [-0.25, -0.2) is 4.68 Å². The largest absolute Gasteiger partial charge is 0.335 e. The van der Waals surface area contributed by atoms with Crippen molar-refractivity contribution in [3.63, 3.8) is 0 Å². The van der Waals surface area contributed by atoms with Crippen molar-refractivity contribution in [1.29, 1.82) is 0 Å². The molecule has 3 rings (SSSR count). The van der Waals surface area contributed by atoms with Crippen LogP contribution in [-0.4, -0.2) is 26.5 Å². The average molecular weight is 432 g/mol. The fourth-order valence-corrected chi connectivity index (χ4v) is 3.57. The number of benzene rings is 2. The molecule has 0 atom stereocenters. The number of hydrogen-bond acceptors (Lipinski definition) is 5. The number of hydrogen-bond donors (Lipinski definition) is 2. The topological polar surface area (TPSA) is 85.8 Å². The van der Waals surface area contributed by atoms with Crippen LogP contribution in [0, 0.1) is 13.8 Å². The molecule has 1 heterocycles. The minimum atomic E-state index is -0.125. The quantitative estimate of drug-likeness (QED) is 0.474. The van der Waals surface area contributed by atoms with Crippen LogP contribution in [0.5, 0.6) is 0 Å². The Hall–Kier alpha value is -2.32. The van der Waals surface area contributed by atoms with Gasteiger partial charge in [-0.1, -0.05) is 51.5 Å². The van der Waals surface area contributed by atoms with Crippen LogP contribution in [0.3, 0.4) is 0 Å². The summed E-state index contributed by atoms with van der Waals surface area (Å²) in [6.45, 7) is 3.95. The van der Waals surface area contributed by atoms with Crippen molar-refractivity contribution in [1.82, 2.24) is 14.9 Å². The molecule has 6 nitrogen and oxygen atoms in total. The van der Waals surface area contributed by atoms with Crippen LogP contribution in [0.1, 0.15) is 11.1 Å². The van der Waals surface area contributed by atoms with E-state index in [1.807, 2.05) is 56.3 Å². The minimum absolute atomic E-state index is 0.125. The number of anilines is 1. The Morgan fingerprint density at radius 1 is 1.23 bits per heavy atom. The van der Waals surface area contributed by atoms with E-state index in [1.54, 1.807) is 0 Å². The van der Waals surface area contributed by atoms with E-state index in [4.69, 9.17) is 5.84 Å². The number of halogens is 1. The van der Waals surface area contributed by atoms with Crippen molar-refractivity contribution in [2.45, 2.75) is 19.0 Å². The Morgan fingerprint density at radius 2 is 2.04 bits per heavy atom. The maximum atomic E-state index is 12.2. The summed E-state index contributed by atoms with van der Waals surface area (Å²) in [5, 5.41) is 11.6. The number of nitrogens with zero attached hydrogens (tertiary/aromatic N) is 3. The normalized spacial score (nSPS) is 10.7. The molecule has 0 unspecified atom stereocenters. The standard InChI is InChI=1S/C18H18BrN5OS/c1-11-4-3-5-13(8-11)17-22-23-18(24(17)20)26-10-16(25)21-15-7-6-14(19)9-12(15)2/h3-9H,10,20H2,1-2H3,(H,21,25). The van der Waals surface area contributed by atoms with Gasteiger partial charge in [0.15, 0.2) is 5.82 Å². The maximum absolute atomic E-state index is 12.2. The Labute approximate surface area is 164 Å². The van der Waals surface area contributed by atoms with Gasteiger partial charge in [0.25, 0.3) is 0 Å². The molecule has 0 aliphatic carbocycles. The zero-order valence-corrected chi connectivity index (χ0v) is 16.8. The van der Waals surface area contributed by atoms with E-state index >= 15 is 0 Å². The monoisotopic (exact) mass is 431 g/mol. The van der Waals surface area contributed by atoms with E-state index in [2.05, 4.69) is 31.4 Å². The maximum Gasteiger partial charge on any atom is 0.234 e. The molecule has 3 aromatic rings. The molecule has 0 saturated heterocycles. The molecule has 0 saturated carbocycles. The van der Waals surface area contributed by atoms with Crippen molar-refractivity contribution < 1.29 is 4.79 Å². The number of amides is 1. The Bertz CT molecular complexity index is 957. The first-order valence-corrected chi connectivity index (χ1v) is 9.68. The van der Waals surface area contributed by atoms with Crippen molar-refractivity contribution in [2.24, 2.45) is 0 Å². The van der Waals surface area contributed by atoms with Crippen molar-refractivity contribution in [3.8, 4) is 11.4 Å². The van der Waals surface area contributed by atoms with Gasteiger partial charge in [0.1, 0.15) is 0 Å². The summed E-state index contributed by atoms with van der Waals surface area (Å²) in [4.78, 5) is 12.2. The van der Waals surface area contributed by atoms with E-state index in [-0.39, 0.29) is 11.7 Å². The molecule has 0 bridgehead atoms. The molecule has 0 radical (unpaired) electrons. The van der Waals surface area contributed by atoms with Gasteiger partial charge < -0.3 is 11.2 Å². The zero-order chi connectivity index (χ0) is 18.7. The third kappa shape index (κ3) is 4.25. The lowest BCUT2D eigenvalue weighted by Gasteiger charge is -2.08. The van der Waals surface area contributed by atoms with E-state index < -0.39 is 0 Å². The number of nitrogens with one attached hydrogen (secondary N) is 1. The first kappa shape index (κ1) is 18.5. The number of nitrogens with two attached hydrogens (primary N) is 1. The Morgan fingerprint density at radius 3 is 2.77 bits per heavy atom. The summed E-state index contributed by atoms with van der Waals surface area (Å²) >= 11 is 4.66. The number of carbonyl (C=O) groups excluding carboxylic acids is 1. The second-order valence-corrected chi connectivity index (χ2v) is 7.70. The minimum Gasteiger partial charge on any atom is -0.335 e. The van der Waals surface area contributed by atoms with Gasteiger partial charge in [-0.3, -0.25) is 4.79 Å². The first-order valence-electron chi connectivity index (χ1n) is 7.90. The van der Waals surface area contributed by atoms with E-state index in [9.17, 15) is 4.79 Å². The molecule has 0 spiro atoms. The molecule has 0 fully saturated rings. The molecule has 1 amide bonds. The van der Waals surface area contributed by atoms with E-state index in [0.29, 0.717) is 11.0 Å². The molecular formula is C18H18BrN5OS. The van der Waals surface area contributed by atoms with E-state index in [1.165, 1.54) is 16.4 Å². The van der Waals surface area contributed by atoms with Gasteiger partial charge in [0.05, 0.1) is 5.75 Å². The third-order valence-corrected chi connectivity index (χ3v) is 5.17. The number of aromatic nitrogens is 3. The fraction of sp³-hybridized carbons (Fsp3) is 0.167. The average Bonchev–Trinajstić information content (AvgIpc) is 2.96. The van der Waals surface area contributed by atoms with Gasteiger partial charge in [-0.2, -0.15) is 0 Å². The molecule has 2 aromatic carbocycles. The third-order valence-electron chi connectivity index (χ3n) is 3.74. The van der Waals surface area contributed by atoms with Crippen molar-refractivity contribution in [3.05, 3.63) is 58.1 Å². The highest BCUT2D eigenvalue weighted by atomic mass is 79.9. The summed E-state index contributed by atoms with van der Waals surface area (Å²) < 4.78 is 2.39. The van der Waals surface area contributed by atoms with Crippen LogP contribution in [-0.2, 0) is 4.79 Å². The summed E-state index contributed by atoms with van der Waals surface area (Å²) in [6.07, 6.45) is 0. The molecule has 3 N–H and O–H groups in total. The number of nitrogen functional groups attached to an aromatic ring is 1. The number of carbonyl (C=O) groups is 1. The summed E-state index contributed by atoms with van der Waals surface area (Å²) in [5.41, 5.74) is 3.78. The molecule has 0 aliphatic heterocycles. The van der Waals surface area contributed by atoms with Crippen LogP contribution in [0.4, 0.5) is 5.69 Å². The van der Waals surface area contributed by atoms with Crippen LogP contribution >= 0.6 is 27.7 Å². The SMILES string of the molecule is Cc1cccc(-c2nnc(SCC(=O)Nc3ccc(Br)cc3C)n2N)c1. The molecular weight excluding hydrogens is 414 g/mol. The lowest BCUT2D eigenvalue weighted by Crippen LogP contribution is -2.17. The number of rotatable bonds is 5. The van der Waals surface area contributed by atoms with Gasteiger partial charge in [-0.05, 0) is 43.7 Å². The van der Waals surface area contributed by atoms with Crippen LogP contribution in [0.25, 0.3) is 11.4 Å². The van der Waals surface area contributed by atoms with E-state index in [0.717, 1.165) is 26.9 Å². The molecule has 8 heteroatoms. The van der Waals surface area contributed by atoms with Gasteiger partial charge in [0.2, 0.25) is 11.1 Å². The van der Waals surface area contributed by atoms with Crippen LogP contribution in [0.2, 0.25) is 0 Å². The molecule has 0 aliphatic rings. The highest BCUT2D eigenvalue weighted by molar-refractivity contribution is 9.10. The fourth-order valence-electron chi connectivity index (χ4n) is 2.44. The highest BCUT2D eigenvalue weighted by Crippen LogP contribution is 2.23. The predicted octanol–water partition coefficient (Wildman–Crippen LogP) is 3.77. The molecule has 26 heavy (non-hydrogen) atoms. The summed E-state index contributed by atoms with van der Waals surface area (Å²) in [5.74, 6) is 6.74. The second-order valence-electron chi connectivity index (χ2n) is 5.84. The lowest BCUT2D eigenvalue weighted by atomic mass is 10.1. The molecule has 134 valence electrons. The summed E-state index contributed by atoms with van der Waals surface area (Å²) in [7, 11) is 0. The van der Waals surface area contributed by atoms with Crippen molar-refractivity contribution in [2.75, 3.05) is 16.9 Å². The zero-order valence-electron chi connectivity index (χ0n) is 14.4. The first-order chi connectivity index (χ1) is 12.4.